The molecule has 1 unspecified atom stereocenters. The zero-order valence-corrected chi connectivity index (χ0v) is 34.2. The summed E-state index contributed by atoms with van der Waals surface area (Å²) in [6.07, 6.45) is -5.00. The Balaban J connectivity index is 0.000000269. The van der Waals surface area contributed by atoms with E-state index in [0.717, 1.165) is 41.6 Å². The maximum Gasteiger partial charge on any atom is 0.416 e. The Kier molecular flexibility index (Phi) is 19.0. The summed E-state index contributed by atoms with van der Waals surface area (Å²) in [6.45, 7) is 8.43. The van der Waals surface area contributed by atoms with Gasteiger partial charge in [-0.1, -0.05) is 57.8 Å². The summed E-state index contributed by atoms with van der Waals surface area (Å²) in [4.78, 5) is 13.6. The average molecular weight is 835 g/mol. The number of hydrogen-bond acceptors (Lipinski definition) is 7. The summed E-state index contributed by atoms with van der Waals surface area (Å²) in [6, 6.07) is 23.6. The highest BCUT2D eigenvalue weighted by molar-refractivity contribution is 6.31. The third-order valence-corrected chi connectivity index (χ3v) is 8.44. The van der Waals surface area contributed by atoms with Crippen LogP contribution < -0.4 is 33.2 Å². The van der Waals surface area contributed by atoms with Gasteiger partial charge in [0.15, 0.2) is 5.76 Å². The number of amides is 1. The molecule has 0 bridgehead atoms. The predicted molar refractivity (Wildman–Crippen MR) is 225 cm³/mol. The Morgan fingerprint density at radius 3 is 1.67 bits per heavy atom. The van der Waals surface area contributed by atoms with Crippen molar-refractivity contribution in [2.75, 3.05) is 41.5 Å². The van der Waals surface area contributed by atoms with Gasteiger partial charge in [0, 0.05) is 54.1 Å². The van der Waals surface area contributed by atoms with Crippen LogP contribution in [-0.2, 0) is 31.7 Å². The third kappa shape index (κ3) is 17.9. The second-order valence-electron chi connectivity index (χ2n) is 14.2. The molecule has 1 aromatic heterocycles. The SMILES string of the molecule is CC(C)Cc1cc(N)cc(C(F)(F)F)c1.CCC(C)Cc1cc(N)cc(C(F)(F)F)c1.CN(C)c1cc(N)cc(Cl)c1.NCc1ccc(NC(=O)c2ccco2)cc1. The molecule has 1 atom stereocenters. The van der Waals surface area contributed by atoms with Crippen molar-refractivity contribution in [3.8, 4) is 0 Å². The lowest BCUT2D eigenvalue weighted by Crippen LogP contribution is -2.10. The summed E-state index contributed by atoms with van der Waals surface area (Å²) in [7, 11) is 3.90. The number of furan rings is 1. The van der Waals surface area contributed by atoms with Crippen LogP contribution in [0.5, 0.6) is 0 Å². The number of benzene rings is 4. The fourth-order valence-electron chi connectivity index (χ4n) is 5.20. The monoisotopic (exact) mass is 834 g/mol. The van der Waals surface area contributed by atoms with Crippen molar-refractivity contribution in [1.82, 2.24) is 0 Å². The molecule has 4 aromatic carbocycles. The minimum atomic E-state index is -4.32. The van der Waals surface area contributed by atoms with Gasteiger partial charge in [0.05, 0.1) is 17.4 Å². The molecule has 0 saturated heterocycles. The van der Waals surface area contributed by atoms with Crippen LogP contribution in [-0.4, -0.2) is 20.0 Å². The predicted octanol–water partition coefficient (Wildman–Crippen LogP) is 11.3. The fourth-order valence-corrected chi connectivity index (χ4v) is 5.43. The van der Waals surface area contributed by atoms with Crippen LogP contribution in [0.25, 0.3) is 0 Å². The number of nitrogen functional groups attached to an aromatic ring is 3. The van der Waals surface area contributed by atoms with Gasteiger partial charge in [0.2, 0.25) is 0 Å². The maximum atomic E-state index is 12.5. The molecule has 0 spiro atoms. The molecule has 9 N–H and O–H groups in total. The largest absolute Gasteiger partial charge is 0.459 e. The molecule has 8 nitrogen and oxygen atoms in total. The quantitative estimate of drug-likeness (QED) is 0.0733. The molecule has 1 amide bonds. The smallest absolute Gasteiger partial charge is 0.416 e. The maximum absolute atomic E-state index is 12.5. The normalized spacial score (nSPS) is 11.6. The van der Waals surface area contributed by atoms with Crippen molar-refractivity contribution < 1.29 is 35.6 Å². The van der Waals surface area contributed by atoms with Gasteiger partial charge in [0.1, 0.15) is 0 Å². The number of carbonyl (C=O) groups is 1. The zero-order chi connectivity index (χ0) is 43.8. The number of anilines is 5. The molecule has 0 saturated carbocycles. The van der Waals surface area contributed by atoms with Gasteiger partial charge >= 0.3 is 12.4 Å². The second-order valence-corrected chi connectivity index (χ2v) is 14.6. The van der Waals surface area contributed by atoms with E-state index in [9.17, 15) is 31.1 Å². The molecule has 5 rings (SSSR count). The van der Waals surface area contributed by atoms with Crippen LogP contribution in [0.1, 0.15) is 72.5 Å². The van der Waals surface area contributed by atoms with Crippen molar-refractivity contribution in [3.05, 3.63) is 136 Å². The number of carbonyl (C=O) groups excluding carboxylic acids is 1. The van der Waals surface area contributed by atoms with E-state index in [1.165, 1.54) is 12.3 Å². The molecule has 316 valence electrons. The Morgan fingerprint density at radius 1 is 0.741 bits per heavy atom. The highest BCUT2D eigenvalue weighted by atomic mass is 35.5. The van der Waals surface area contributed by atoms with Crippen molar-refractivity contribution in [2.24, 2.45) is 17.6 Å². The van der Waals surface area contributed by atoms with Gasteiger partial charge in [-0.25, -0.2) is 0 Å². The van der Waals surface area contributed by atoms with Gasteiger partial charge in [-0.3, -0.25) is 4.79 Å². The molecule has 1 heterocycles. The number of halogens is 7. The van der Waals surface area contributed by atoms with Crippen molar-refractivity contribution in [3.63, 3.8) is 0 Å². The van der Waals surface area contributed by atoms with Gasteiger partial charge in [-0.05, 0) is 120 Å². The van der Waals surface area contributed by atoms with E-state index < -0.39 is 23.5 Å². The minimum absolute atomic E-state index is 0.167. The second kappa shape index (κ2) is 22.6. The summed E-state index contributed by atoms with van der Waals surface area (Å²) in [5.74, 6) is 0.712. The summed E-state index contributed by atoms with van der Waals surface area (Å²) < 4.78 is 79.8. The van der Waals surface area contributed by atoms with Crippen molar-refractivity contribution in [2.45, 2.75) is 65.9 Å². The lowest BCUT2D eigenvalue weighted by atomic mass is 9.97. The number of hydrogen-bond donors (Lipinski definition) is 5. The number of nitrogens with one attached hydrogen (secondary N) is 1. The van der Waals surface area contributed by atoms with Crippen LogP contribution in [0.3, 0.4) is 0 Å². The van der Waals surface area contributed by atoms with Crippen LogP contribution >= 0.6 is 11.6 Å². The number of nitrogens with zero attached hydrogens (tertiary/aromatic N) is 1. The first-order chi connectivity index (χ1) is 27.0. The molecule has 0 aliphatic rings. The minimum Gasteiger partial charge on any atom is -0.459 e. The van der Waals surface area contributed by atoms with E-state index in [2.05, 4.69) is 5.32 Å². The van der Waals surface area contributed by atoms with E-state index >= 15 is 0 Å². The number of alkyl halides is 6. The lowest BCUT2D eigenvalue weighted by Gasteiger charge is -2.13. The number of rotatable bonds is 9. The molecule has 58 heavy (non-hydrogen) atoms. The summed E-state index contributed by atoms with van der Waals surface area (Å²) in [5, 5.41) is 3.40. The molecule has 0 radical (unpaired) electrons. The van der Waals surface area contributed by atoms with E-state index in [1.54, 1.807) is 30.3 Å². The van der Waals surface area contributed by atoms with Gasteiger partial charge < -0.3 is 37.6 Å². The molecule has 5 aromatic rings. The first-order valence-electron chi connectivity index (χ1n) is 18.3. The van der Waals surface area contributed by atoms with E-state index in [-0.39, 0.29) is 17.3 Å². The van der Waals surface area contributed by atoms with Crippen molar-refractivity contribution >= 4 is 45.9 Å². The van der Waals surface area contributed by atoms with Gasteiger partial charge in [0.25, 0.3) is 5.91 Å². The standard InChI is InChI=1S/C12H16F3N.C12H12N2O2.C11H14F3N.C8H11ClN2/c1-3-8(2)4-9-5-10(12(13,14)15)7-11(16)6-9;13-8-9-3-5-10(6-4-9)14-12(15)11-2-1-7-16-11;1-7(2)3-8-4-9(11(12,13)14)6-10(15)5-8;1-11(2)8-4-6(9)3-7(10)5-8/h5-8H,3-4,16H2,1-2H3;1-7H,8,13H2,(H,14,15);4-7H,3,15H2,1-2H3;3-5H,10H2,1-2H3. The Hall–Kier alpha value is -5.34. The highest BCUT2D eigenvalue weighted by Gasteiger charge is 2.32. The molecule has 0 aliphatic heterocycles. The first-order valence-corrected chi connectivity index (χ1v) is 18.7. The Morgan fingerprint density at radius 2 is 1.26 bits per heavy atom. The average Bonchev–Trinajstić information content (AvgIpc) is 3.67. The first kappa shape index (κ1) is 48.8. The molecular formula is C43H53ClF6N6O2. The lowest BCUT2D eigenvalue weighted by molar-refractivity contribution is -0.138. The van der Waals surface area contributed by atoms with Crippen LogP contribution in [0.2, 0.25) is 5.02 Å². The Bertz CT molecular complexity index is 1980. The molecular weight excluding hydrogens is 782 g/mol. The summed E-state index contributed by atoms with van der Waals surface area (Å²) >= 11 is 5.79. The fraction of sp³-hybridized carbons (Fsp3) is 0.326. The van der Waals surface area contributed by atoms with E-state index in [1.807, 2.05) is 83.1 Å². The summed E-state index contributed by atoms with van der Waals surface area (Å²) in [5.41, 5.74) is 25.7. The molecule has 15 heteroatoms. The van der Waals surface area contributed by atoms with E-state index in [4.69, 9.17) is 39.0 Å². The topological polar surface area (TPSA) is 150 Å². The van der Waals surface area contributed by atoms with Crippen molar-refractivity contribution in [1.29, 1.82) is 0 Å². The van der Waals surface area contributed by atoms with Crippen LogP contribution in [0, 0.1) is 11.8 Å². The molecule has 0 fully saturated rings. The van der Waals surface area contributed by atoms with Crippen LogP contribution in [0.15, 0.2) is 102 Å². The zero-order valence-electron chi connectivity index (χ0n) is 33.4. The highest BCUT2D eigenvalue weighted by Crippen LogP contribution is 2.33. The van der Waals surface area contributed by atoms with Crippen LogP contribution in [0.4, 0.5) is 54.8 Å². The van der Waals surface area contributed by atoms with E-state index in [0.29, 0.717) is 58.8 Å². The molecule has 0 aliphatic carbocycles. The van der Waals surface area contributed by atoms with Gasteiger partial charge in [-0.15, -0.1) is 0 Å². The Labute approximate surface area is 341 Å². The van der Waals surface area contributed by atoms with Gasteiger partial charge in [-0.2, -0.15) is 26.3 Å². The third-order valence-electron chi connectivity index (χ3n) is 8.22. The number of nitrogens with two attached hydrogens (primary N) is 4.